The molecular weight excluding hydrogens is 262 g/mol. The van der Waals surface area contributed by atoms with Crippen molar-refractivity contribution in [2.24, 2.45) is 11.7 Å². The van der Waals surface area contributed by atoms with Gasteiger partial charge in [-0.15, -0.1) is 0 Å². The Bertz CT molecular complexity index is 535. The van der Waals surface area contributed by atoms with Gasteiger partial charge in [-0.25, -0.2) is 0 Å². The number of carbonyl (C=O) groups excluding carboxylic acids is 1. The van der Waals surface area contributed by atoms with Gasteiger partial charge in [-0.05, 0) is 43.4 Å². The number of benzene rings is 1. The molecule has 1 saturated carbocycles. The summed E-state index contributed by atoms with van der Waals surface area (Å²) in [5.41, 5.74) is 7.43. The molecule has 3 nitrogen and oxygen atoms in total. The fourth-order valence-corrected chi connectivity index (χ4v) is 3.01. The number of ether oxygens (including phenoxy) is 1. The largest absolute Gasteiger partial charge is 0.493 e. The van der Waals surface area contributed by atoms with Gasteiger partial charge in [0, 0.05) is 23.4 Å². The number of hydrogen-bond acceptors (Lipinski definition) is 3. The van der Waals surface area contributed by atoms with Crippen molar-refractivity contribution in [3.8, 4) is 5.75 Å². The van der Waals surface area contributed by atoms with Gasteiger partial charge in [0.1, 0.15) is 5.75 Å². The van der Waals surface area contributed by atoms with Crippen LogP contribution in [0.3, 0.4) is 0 Å². The third-order valence-corrected chi connectivity index (χ3v) is 4.42. The maximum absolute atomic E-state index is 12.4. The fourth-order valence-electron chi connectivity index (χ4n) is 2.75. The number of hydrogen-bond donors (Lipinski definition) is 1. The molecule has 0 bridgehead atoms. The van der Waals surface area contributed by atoms with E-state index in [-0.39, 0.29) is 5.78 Å². The fraction of sp³-hybridized carbons (Fsp3) is 0.533. The third-order valence-electron chi connectivity index (χ3n) is 4.20. The van der Waals surface area contributed by atoms with Crippen molar-refractivity contribution in [3.63, 3.8) is 0 Å². The van der Waals surface area contributed by atoms with Crippen LogP contribution in [-0.2, 0) is 17.6 Å². The van der Waals surface area contributed by atoms with Crippen molar-refractivity contribution < 1.29 is 9.53 Å². The minimum absolute atomic E-state index is 0.0787. The minimum atomic E-state index is -0.714. The summed E-state index contributed by atoms with van der Waals surface area (Å²) in [5, 5.41) is 0.664. The summed E-state index contributed by atoms with van der Waals surface area (Å²) in [7, 11) is 0. The second-order valence-electron chi connectivity index (χ2n) is 5.81. The monoisotopic (exact) mass is 279 g/mol. The summed E-state index contributed by atoms with van der Waals surface area (Å²) in [5.74, 6) is 1.26. The molecule has 0 amide bonds. The third kappa shape index (κ3) is 2.37. The van der Waals surface area contributed by atoms with E-state index in [9.17, 15) is 4.79 Å². The molecule has 1 aliphatic carbocycles. The Morgan fingerprint density at radius 1 is 1.53 bits per heavy atom. The van der Waals surface area contributed by atoms with Crippen LogP contribution in [0.4, 0.5) is 0 Å². The molecule has 19 heavy (non-hydrogen) atoms. The summed E-state index contributed by atoms with van der Waals surface area (Å²) in [6.45, 7) is 2.51. The van der Waals surface area contributed by atoms with E-state index in [4.69, 9.17) is 22.1 Å². The SMILES string of the molecule is CC(N)(C(=O)Cc1cc(Cl)cc2c1OCC2)C1CC1. The number of nitrogens with two attached hydrogens (primary N) is 1. The summed E-state index contributed by atoms with van der Waals surface area (Å²) >= 11 is 6.10. The number of ketones is 1. The number of halogens is 1. The van der Waals surface area contributed by atoms with Gasteiger partial charge < -0.3 is 10.5 Å². The first-order valence-corrected chi connectivity index (χ1v) is 7.12. The van der Waals surface area contributed by atoms with Gasteiger partial charge in [-0.3, -0.25) is 4.79 Å². The van der Waals surface area contributed by atoms with Crippen molar-refractivity contribution in [1.82, 2.24) is 0 Å². The Balaban J connectivity index is 1.85. The first-order chi connectivity index (χ1) is 8.98. The van der Waals surface area contributed by atoms with E-state index in [0.29, 0.717) is 24.0 Å². The standard InChI is InChI=1S/C15H18ClNO2/c1-15(17,11-2-3-11)13(18)8-10-7-12(16)6-9-4-5-19-14(9)10/h6-7,11H,2-5,8,17H2,1H3. The van der Waals surface area contributed by atoms with Crippen LogP contribution in [0.2, 0.25) is 5.02 Å². The Morgan fingerprint density at radius 2 is 2.26 bits per heavy atom. The van der Waals surface area contributed by atoms with E-state index in [1.165, 1.54) is 0 Å². The number of rotatable bonds is 4. The highest BCUT2D eigenvalue weighted by Gasteiger charge is 2.43. The molecular formula is C15H18ClNO2. The average molecular weight is 280 g/mol. The molecule has 0 saturated heterocycles. The molecule has 102 valence electrons. The predicted molar refractivity (Wildman–Crippen MR) is 74.7 cm³/mol. The van der Waals surface area contributed by atoms with Gasteiger partial charge in [0.05, 0.1) is 12.1 Å². The van der Waals surface area contributed by atoms with Crippen molar-refractivity contribution in [3.05, 3.63) is 28.3 Å². The maximum Gasteiger partial charge on any atom is 0.157 e. The van der Waals surface area contributed by atoms with E-state index in [1.54, 1.807) is 0 Å². The van der Waals surface area contributed by atoms with E-state index in [1.807, 2.05) is 19.1 Å². The lowest BCUT2D eigenvalue weighted by Crippen LogP contribution is -2.47. The molecule has 4 heteroatoms. The first-order valence-electron chi connectivity index (χ1n) is 6.75. The zero-order valence-electron chi connectivity index (χ0n) is 11.0. The van der Waals surface area contributed by atoms with E-state index < -0.39 is 5.54 Å². The van der Waals surface area contributed by atoms with Crippen molar-refractivity contribution in [1.29, 1.82) is 0 Å². The normalized spacial score (nSPS) is 20.6. The molecule has 1 atom stereocenters. The van der Waals surface area contributed by atoms with Gasteiger partial charge >= 0.3 is 0 Å². The van der Waals surface area contributed by atoms with Crippen molar-refractivity contribution in [2.45, 2.75) is 38.1 Å². The zero-order chi connectivity index (χ0) is 13.6. The number of fused-ring (bicyclic) bond motifs is 1. The van der Waals surface area contributed by atoms with Gasteiger partial charge in [0.2, 0.25) is 0 Å². The summed E-state index contributed by atoms with van der Waals surface area (Å²) < 4.78 is 5.62. The molecule has 1 aromatic rings. The van der Waals surface area contributed by atoms with Gasteiger partial charge in [0.15, 0.2) is 5.78 Å². The lowest BCUT2D eigenvalue weighted by atomic mass is 9.87. The van der Waals surface area contributed by atoms with Gasteiger partial charge in [-0.2, -0.15) is 0 Å². The molecule has 1 fully saturated rings. The van der Waals surface area contributed by atoms with Gasteiger partial charge in [-0.1, -0.05) is 11.6 Å². The van der Waals surface area contributed by atoms with E-state index in [0.717, 1.165) is 36.1 Å². The van der Waals surface area contributed by atoms with E-state index >= 15 is 0 Å². The maximum atomic E-state index is 12.4. The predicted octanol–water partition coefficient (Wildman–Crippen LogP) is 2.51. The van der Waals surface area contributed by atoms with Crippen LogP contribution in [0.1, 0.15) is 30.9 Å². The van der Waals surface area contributed by atoms with Crippen LogP contribution in [0.5, 0.6) is 5.75 Å². The lowest BCUT2D eigenvalue weighted by Gasteiger charge is -2.23. The second-order valence-corrected chi connectivity index (χ2v) is 6.24. The Kier molecular flexibility index (Phi) is 3.06. The second kappa shape index (κ2) is 4.50. The number of Topliss-reactive ketones (excluding diaryl/α,β-unsaturated/α-hetero) is 1. The molecule has 2 aliphatic rings. The van der Waals surface area contributed by atoms with Crippen LogP contribution in [0.15, 0.2) is 12.1 Å². The topological polar surface area (TPSA) is 52.3 Å². The first kappa shape index (κ1) is 12.9. The van der Waals surface area contributed by atoms with Crippen LogP contribution < -0.4 is 10.5 Å². The lowest BCUT2D eigenvalue weighted by molar-refractivity contribution is -0.123. The average Bonchev–Trinajstić information content (AvgIpc) is 3.09. The summed E-state index contributed by atoms with van der Waals surface area (Å²) in [6.07, 6.45) is 3.29. The van der Waals surface area contributed by atoms with Crippen LogP contribution in [-0.4, -0.2) is 17.9 Å². The highest BCUT2D eigenvalue weighted by atomic mass is 35.5. The molecule has 1 unspecified atom stereocenters. The smallest absolute Gasteiger partial charge is 0.157 e. The van der Waals surface area contributed by atoms with E-state index in [2.05, 4.69) is 0 Å². The zero-order valence-corrected chi connectivity index (χ0v) is 11.8. The molecule has 0 aromatic heterocycles. The molecule has 0 spiro atoms. The highest BCUT2D eigenvalue weighted by molar-refractivity contribution is 6.30. The van der Waals surface area contributed by atoms with Crippen molar-refractivity contribution >= 4 is 17.4 Å². The Labute approximate surface area is 118 Å². The summed E-state index contributed by atoms with van der Waals surface area (Å²) in [4.78, 5) is 12.4. The molecule has 1 heterocycles. The van der Waals surface area contributed by atoms with Crippen molar-refractivity contribution in [2.75, 3.05) is 6.61 Å². The van der Waals surface area contributed by atoms with Gasteiger partial charge in [0.25, 0.3) is 0 Å². The molecule has 1 aromatic carbocycles. The Hall–Kier alpha value is -1.06. The minimum Gasteiger partial charge on any atom is -0.493 e. The molecule has 3 rings (SSSR count). The number of carbonyl (C=O) groups is 1. The molecule has 2 N–H and O–H groups in total. The quantitative estimate of drug-likeness (QED) is 0.921. The molecule has 1 aliphatic heterocycles. The van der Waals surface area contributed by atoms with Crippen LogP contribution in [0.25, 0.3) is 0 Å². The highest BCUT2D eigenvalue weighted by Crippen LogP contribution is 2.40. The summed E-state index contributed by atoms with van der Waals surface area (Å²) in [6, 6.07) is 3.74. The molecule has 0 radical (unpaired) electrons. The Morgan fingerprint density at radius 3 is 2.95 bits per heavy atom. The van der Waals surface area contributed by atoms with Crippen LogP contribution in [0, 0.1) is 5.92 Å². The van der Waals surface area contributed by atoms with Crippen LogP contribution >= 0.6 is 11.6 Å².